The normalized spacial score (nSPS) is 20.0. The highest BCUT2D eigenvalue weighted by Gasteiger charge is 2.39. The lowest BCUT2D eigenvalue weighted by atomic mass is 10.2. The lowest BCUT2D eigenvalue weighted by Crippen LogP contribution is -2.46. The number of hydrogen-bond donors (Lipinski definition) is 0. The van der Waals surface area contributed by atoms with Crippen LogP contribution < -0.4 is 10.3 Å². The minimum absolute atomic E-state index is 0.0111. The van der Waals surface area contributed by atoms with Gasteiger partial charge >= 0.3 is 7.60 Å². The number of anilines is 1. The molecule has 9 heteroatoms. The van der Waals surface area contributed by atoms with E-state index in [1.165, 1.54) is 0 Å². The Kier molecular flexibility index (Phi) is 7.99. The number of nitrogens with zero attached hydrogens (tertiary/aromatic N) is 2. The molecular formula is C21H30ClN2O5P. The van der Waals surface area contributed by atoms with Crippen LogP contribution in [0.5, 0.6) is 0 Å². The molecule has 1 aliphatic rings. The molecule has 30 heavy (non-hydrogen) atoms. The predicted molar refractivity (Wildman–Crippen MR) is 119 cm³/mol. The van der Waals surface area contributed by atoms with Crippen LogP contribution in [0.15, 0.2) is 28.7 Å². The van der Waals surface area contributed by atoms with E-state index in [0.29, 0.717) is 55.6 Å². The monoisotopic (exact) mass is 456 g/mol. The van der Waals surface area contributed by atoms with E-state index in [1.54, 1.807) is 6.07 Å². The van der Waals surface area contributed by atoms with Crippen LogP contribution in [0.1, 0.15) is 40.5 Å². The molecule has 1 saturated heterocycles. The molecule has 0 amide bonds. The topological polar surface area (TPSA) is 74.0 Å². The van der Waals surface area contributed by atoms with Crippen LogP contribution in [-0.2, 0) is 18.3 Å². The first-order chi connectivity index (χ1) is 14.4. The van der Waals surface area contributed by atoms with Gasteiger partial charge in [0.25, 0.3) is 0 Å². The molecule has 166 valence electrons. The largest absolute Gasteiger partial charge is 0.419 e. The van der Waals surface area contributed by atoms with Crippen molar-refractivity contribution in [3.63, 3.8) is 0 Å². The van der Waals surface area contributed by atoms with Gasteiger partial charge in [-0.15, -0.1) is 0 Å². The van der Waals surface area contributed by atoms with E-state index in [4.69, 9.17) is 29.8 Å². The maximum absolute atomic E-state index is 13.8. The molecule has 0 spiro atoms. The van der Waals surface area contributed by atoms with Crippen molar-refractivity contribution in [1.29, 1.82) is 0 Å². The SMILES string of the molecule is CCCOP(=O)(OCCC)c1nc(-c2ccccc2Cl)oc1N1CC(C)OC(C)C1. The average Bonchev–Trinajstić information content (AvgIpc) is 3.16. The van der Waals surface area contributed by atoms with Crippen LogP contribution in [0.3, 0.4) is 0 Å². The standard InChI is InChI=1S/C21H30ClN2O5P/c1-5-11-26-30(25,27-12-6-2)20-21(24-13-15(3)28-16(4)14-24)29-19(23-20)17-9-7-8-10-18(17)22/h7-10,15-16H,5-6,11-14H2,1-4H3. The molecule has 2 aromatic rings. The Balaban J connectivity index is 2.10. The summed E-state index contributed by atoms with van der Waals surface area (Å²) in [6.45, 7) is 9.65. The molecular weight excluding hydrogens is 427 g/mol. The van der Waals surface area contributed by atoms with Crippen molar-refractivity contribution in [2.75, 3.05) is 31.2 Å². The van der Waals surface area contributed by atoms with Gasteiger partial charge in [-0.05, 0) is 38.8 Å². The van der Waals surface area contributed by atoms with Gasteiger partial charge in [-0.2, -0.15) is 4.98 Å². The number of halogens is 1. The number of aromatic nitrogens is 1. The molecule has 3 rings (SSSR count). The molecule has 0 saturated carbocycles. The minimum Gasteiger partial charge on any atom is -0.419 e. The number of oxazole rings is 1. The van der Waals surface area contributed by atoms with E-state index >= 15 is 0 Å². The maximum Gasteiger partial charge on any atom is 0.385 e. The van der Waals surface area contributed by atoms with Gasteiger partial charge in [-0.3, -0.25) is 4.57 Å². The molecule has 0 radical (unpaired) electrons. The van der Waals surface area contributed by atoms with Gasteiger partial charge in [0.2, 0.25) is 17.2 Å². The first kappa shape index (κ1) is 23.3. The number of benzene rings is 1. The second kappa shape index (κ2) is 10.3. The van der Waals surface area contributed by atoms with E-state index in [0.717, 1.165) is 0 Å². The van der Waals surface area contributed by atoms with Crippen molar-refractivity contribution in [1.82, 2.24) is 4.98 Å². The fraction of sp³-hybridized carbons (Fsp3) is 0.571. The molecule has 2 heterocycles. The second-order valence-electron chi connectivity index (χ2n) is 7.45. The third-order valence-electron chi connectivity index (χ3n) is 4.59. The smallest absolute Gasteiger partial charge is 0.385 e. The van der Waals surface area contributed by atoms with E-state index in [-0.39, 0.29) is 23.5 Å². The molecule has 1 fully saturated rings. The van der Waals surface area contributed by atoms with Crippen molar-refractivity contribution in [3.8, 4) is 11.5 Å². The Hall–Kier alpha value is -1.37. The fourth-order valence-corrected chi connectivity index (χ4v) is 5.38. The predicted octanol–water partition coefficient (Wildman–Crippen LogP) is 5.28. The molecule has 1 aliphatic heterocycles. The van der Waals surface area contributed by atoms with E-state index in [1.807, 2.05) is 50.8 Å². The van der Waals surface area contributed by atoms with Gasteiger partial charge in [0.1, 0.15) is 0 Å². The van der Waals surface area contributed by atoms with Gasteiger partial charge in [-0.1, -0.05) is 37.6 Å². The van der Waals surface area contributed by atoms with Crippen LogP contribution in [0, 0.1) is 0 Å². The molecule has 2 unspecified atom stereocenters. The van der Waals surface area contributed by atoms with E-state index in [9.17, 15) is 4.57 Å². The van der Waals surface area contributed by atoms with Crippen molar-refractivity contribution in [3.05, 3.63) is 29.3 Å². The second-order valence-corrected chi connectivity index (χ2v) is 9.80. The lowest BCUT2D eigenvalue weighted by molar-refractivity contribution is -0.00632. The van der Waals surface area contributed by atoms with Crippen molar-refractivity contribution in [2.24, 2.45) is 0 Å². The number of hydrogen-bond acceptors (Lipinski definition) is 7. The van der Waals surface area contributed by atoms with Crippen molar-refractivity contribution < 1.29 is 22.8 Å². The van der Waals surface area contributed by atoms with Crippen LogP contribution in [0.2, 0.25) is 5.02 Å². The number of morpholine rings is 1. The Bertz CT molecular complexity index is 868. The van der Waals surface area contributed by atoms with Gasteiger partial charge in [0, 0.05) is 13.1 Å². The van der Waals surface area contributed by atoms with Crippen LogP contribution in [0.25, 0.3) is 11.5 Å². The summed E-state index contributed by atoms with van der Waals surface area (Å²) in [6.07, 6.45) is 1.39. The molecule has 0 N–H and O–H groups in total. The van der Waals surface area contributed by atoms with Crippen LogP contribution in [-0.4, -0.2) is 43.5 Å². The van der Waals surface area contributed by atoms with Gasteiger partial charge in [0.05, 0.1) is 36.0 Å². The van der Waals surface area contributed by atoms with Gasteiger partial charge in [0.15, 0.2) is 0 Å². The Morgan fingerprint density at radius 3 is 2.30 bits per heavy atom. The summed E-state index contributed by atoms with van der Waals surface area (Å²) >= 11 is 6.37. The zero-order chi connectivity index (χ0) is 21.7. The molecule has 0 bridgehead atoms. The van der Waals surface area contributed by atoms with Crippen LogP contribution in [0.4, 0.5) is 5.88 Å². The fourth-order valence-electron chi connectivity index (χ4n) is 3.36. The summed E-state index contributed by atoms with van der Waals surface area (Å²) in [5.41, 5.74) is 0.819. The van der Waals surface area contributed by atoms with E-state index in [2.05, 4.69) is 4.98 Å². The number of rotatable bonds is 9. The maximum atomic E-state index is 13.8. The molecule has 7 nitrogen and oxygen atoms in total. The summed E-state index contributed by atoms with van der Waals surface area (Å²) in [7, 11) is -3.69. The first-order valence-electron chi connectivity index (χ1n) is 10.4. The quantitative estimate of drug-likeness (QED) is 0.475. The zero-order valence-electron chi connectivity index (χ0n) is 18.0. The summed E-state index contributed by atoms with van der Waals surface area (Å²) in [4.78, 5) is 6.60. The highest BCUT2D eigenvalue weighted by Crippen LogP contribution is 2.50. The summed E-state index contributed by atoms with van der Waals surface area (Å²) in [5, 5.41) is 0.499. The van der Waals surface area contributed by atoms with Gasteiger partial charge < -0.3 is 23.1 Å². The van der Waals surface area contributed by atoms with Gasteiger partial charge in [-0.25, -0.2) is 0 Å². The van der Waals surface area contributed by atoms with Crippen molar-refractivity contribution in [2.45, 2.75) is 52.7 Å². The first-order valence-corrected chi connectivity index (χ1v) is 12.4. The summed E-state index contributed by atoms with van der Waals surface area (Å²) < 4.78 is 37.3. The third-order valence-corrected chi connectivity index (χ3v) is 6.78. The third kappa shape index (κ3) is 5.27. The molecule has 0 aliphatic carbocycles. The summed E-state index contributed by atoms with van der Waals surface area (Å²) in [5.74, 6) is 0.681. The lowest BCUT2D eigenvalue weighted by Gasteiger charge is -2.35. The Labute approximate surface area is 183 Å². The number of ether oxygens (including phenoxy) is 1. The Morgan fingerprint density at radius 2 is 1.73 bits per heavy atom. The van der Waals surface area contributed by atoms with Crippen molar-refractivity contribution >= 4 is 30.5 Å². The molecule has 2 atom stereocenters. The Morgan fingerprint density at radius 1 is 1.13 bits per heavy atom. The zero-order valence-corrected chi connectivity index (χ0v) is 19.6. The highest BCUT2D eigenvalue weighted by molar-refractivity contribution is 7.62. The average molecular weight is 457 g/mol. The minimum atomic E-state index is -3.69. The molecule has 1 aromatic carbocycles. The molecule has 1 aromatic heterocycles. The summed E-state index contributed by atoms with van der Waals surface area (Å²) in [6, 6.07) is 7.27. The van der Waals surface area contributed by atoms with E-state index < -0.39 is 7.60 Å². The highest BCUT2D eigenvalue weighted by atomic mass is 35.5. The van der Waals surface area contributed by atoms with Crippen LogP contribution >= 0.6 is 19.2 Å².